The molecule has 1 fully saturated rings. The summed E-state index contributed by atoms with van der Waals surface area (Å²) in [6.45, 7) is 4.57. The van der Waals surface area contributed by atoms with Crippen LogP contribution in [0.4, 0.5) is 0 Å². The number of halogens is 1. The molecule has 1 heterocycles. The lowest BCUT2D eigenvalue weighted by Crippen LogP contribution is -2.49. The lowest BCUT2D eigenvalue weighted by atomic mass is 9.78. The molecule has 2 N–H and O–H groups in total. The van der Waals surface area contributed by atoms with E-state index in [1.807, 2.05) is 55.5 Å². The zero-order valence-corrected chi connectivity index (χ0v) is 17.3. The number of piperidine rings is 1. The molecule has 28 heavy (non-hydrogen) atoms. The normalized spacial score (nSPS) is 15.4. The van der Waals surface area contributed by atoms with E-state index in [0.29, 0.717) is 13.2 Å². The summed E-state index contributed by atoms with van der Waals surface area (Å²) >= 11 is 0. The average molecular weight is 405 g/mol. The summed E-state index contributed by atoms with van der Waals surface area (Å²) in [5, 5.41) is 6.42. The molecule has 5 nitrogen and oxygen atoms in total. The monoisotopic (exact) mass is 404 g/mol. The second kappa shape index (κ2) is 10.5. The standard InChI is InChI=1S/C22H28N2O3.ClH/c1-17-7-3-5-9-19(17)27-20-10-6-4-8-18(20)15-24-21(25)22(16-26-2)11-13-23-14-12-22;/h3-10,23H,11-16H2,1-2H3,(H,24,25);1H. The summed E-state index contributed by atoms with van der Waals surface area (Å²) < 4.78 is 11.5. The van der Waals surface area contributed by atoms with Crippen LogP contribution in [0.25, 0.3) is 0 Å². The fourth-order valence-corrected chi connectivity index (χ4v) is 3.52. The second-order valence-electron chi connectivity index (χ2n) is 7.12. The number of nitrogens with one attached hydrogen (secondary N) is 2. The van der Waals surface area contributed by atoms with Crippen molar-refractivity contribution >= 4 is 18.3 Å². The molecule has 2 aromatic rings. The van der Waals surface area contributed by atoms with Gasteiger partial charge in [0.05, 0.1) is 12.0 Å². The number of carbonyl (C=O) groups excluding carboxylic acids is 1. The fraction of sp³-hybridized carbons (Fsp3) is 0.409. The van der Waals surface area contributed by atoms with E-state index in [-0.39, 0.29) is 18.3 Å². The van der Waals surface area contributed by atoms with E-state index in [1.165, 1.54) is 0 Å². The lowest BCUT2D eigenvalue weighted by molar-refractivity contribution is -0.136. The Morgan fingerprint density at radius 3 is 2.39 bits per heavy atom. The maximum absolute atomic E-state index is 12.9. The maximum atomic E-state index is 12.9. The van der Waals surface area contributed by atoms with Gasteiger partial charge >= 0.3 is 0 Å². The van der Waals surface area contributed by atoms with Crippen molar-refractivity contribution in [2.75, 3.05) is 26.8 Å². The topological polar surface area (TPSA) is 59.6 Å². The number of carbonyl (C=O) groups is 1. The number of hydrogen-bond donors (Lipinski definition) is 2. The molecule has 1 aliphatic rings. The summed E-state index contributed by atoms with van der Waals surface area (Å²) in [6.07, 6.45) is 1.57. The van der Waals surface area contributed by atoms with Crippen LogP contribution in [0.15, 0.2) is 48.5 Å². The summed E-state index contributed by atoms with van der Waals surface area (Å²) in [7, 11) is 1.66. The van der Waals surface area contributed by atoms with Gasteiger partial charge in [0.15, 0.2) is 0 Å². The third-order valence-electron chi connectivity index (χ3n) is 5.19. The lowest BCUT2D eigenvalue weighted by Gasteiger charge is -2.35. The van der Waals surface area contributed by atoms with Crippen LogP contribution in [0.2, 0.25) is 0 Å². The molecule has 0 aliphatic carbocycles. The Bertz CT molecular complexity index is 770. The zero-order valence-electron chi connectivity index (χ0n) is 16.5. The molecular weight excluding hydrogens is 376 g/mol. The Hall–Kier alpha value is -2.08. The van der Waals surface area contributed by atoms with E-state index < -0.39 is 5.41 Å². The van der Waals surface area contributed by atoms with Crippen LogP contribution in [0.1, 0.15) is 24.0 Å². The highest BCUT2D eigenvalue weighted by Crippen LogP contribution is 2.31. The third-order valence-corrected chi connectivity index (χ3v) is 5.19. The minimum atomic E-state index is -0.453. The number of aryl methyl sites for hydroxylation is 1. The van der Waals surface area contributed by atoms with Crippen LogP contribution in [0, 0.1) is 12.3 Å². The van der Waals surface area contributed by atoms with Gasteiger partial charge in [-0.3, -0.25) is 4.79 Å². The van der Waals surface area contributed by atoms with Gasteiger partial charge in [0.1, 0.15) is 11.5 Å². The Labute approximate surface area is 173 Å². The van der Waals surface area contributed by atoms with E-state index >= 15 is 0 Å². The number of amides is 1. The van der Waals surface area contributed by atoms with Gasteiger partial charge in [0.25, 0.3) is 0 Å². The van der Waals surface area contributed by atoms with E-state index in [2.05, 4.69) is 10.6 Å². The molecule has 0 spiro atoms. The first-order valence-electron chi connectivity index (χ1n) is 9.44. The van der Waals surface area contributed by atoms with Crippen LogP contribution in [0.3, 0.4) is 0 Å². The molecular formula is C22H29ClN2O3. The summed E-state index contributed by atoms with van der Waals surface area (Å²) in [6, 6.07) is 15.7. The number of rotatable bonds is 7. The number of hydrogen-bond acceptors (Lipinski definition) is 4. The molecule has 0 bridgehead atoms. The summed E-state index contributed by atoms with van der Waals surface area (Å²) in [5.74, 6) is 1.64. The van der Waals surface area contributed by atoms with Crippen molar-refractivity contribution in [3.05, 3.63) is 59.7 Å². The molecule has 1 amide bonds. The van der Waals surface area contributed by atoms with Gasteiger partial charge in [-0.15, -0.1) is 12.4 Å². The predicted molar refractivity (Wildman–Crippen MR) is 113 cm³/mol. The van der Waals surface area contributed by atoms with Crippen molar-refractivity contribution < 1.29 is 14.3 Å². The van der Waals surface area contributed by atoms with Crippen LogP contribution >= 0.6 is 12.4 Å². The summed E-state index contributed by atoms with van der Waals surface area (Å²) in [4.78, 5) is 12.9. The SMILES string of the molecule is COCC1(C(=O)NCc2ccccc2Oc2ccccc2C)CCNCC1.Cl. The van der Waals surface area contributed by atoms with Crippen molar-refractivity contribution in [1.29, 1.82) is 0 Å². The van der Waals surface area contributed by atoms with Crippen molar-refractivity contribution in [2.24, 2.45) is 5.41 Å². The average Bonchev–Trinajstić information content (AvgIpc) is 2.70. The first-order valence-corrected chi connectivity index (χ1v) is 9.44. The Morgan fingerprint density at radius 2 is 1.71 bits per heavy atom. The largest absolute Gasteiger partial charge is 0.457 e. The highest BCUT2D eigenvalue weighted by molar-refractivity contribution is 5.85. The van der Waals surface area contributed by atoms with Crippen LogP contribution < -0.4 is 15.4 Å². The number of benzene rings is 2. The van der Waals surface area contributed by atoms with Gasteiger partial charge in [0.2, 0.25) is 5.91 Å². The first kappa shape index (κ1) is 22.2. The number of ether oxygens (including phenoxy) is 2. The van der Waals surface area contributed by atoms with E-state index in [9.17, 15) is 4.79 Å². The molecule has 1 aliphatic heterocycles. The highest BCUT2D eigenvalue weighted by Gasteiger charge is 2.39. The van der Waals surface area contributed by atoms with E-state index in [4.69, 9.17) is 9.47 Å². The number of methoxy groups -OCH3 is 1. The molecule has 152 valence electrons. The Balaban J connectivity index is 0.00000280. The third kappa shape index (κ3) is 5.25. The molecule has 0 radical (unpaired) electrons. The fourth-order valence-electron chi connectivity index (χ4n) is 3.52. The molecule has 0 atom stereocenters. The minimum Gasteiger partial charge on any atom is -0.457 e. The van der Waals surface area contributed by atoms with Crippen LogP contribution in [0.5, 0.6) is 11.5 Å². The van der Waals surface area contributed by atoms with Gasteiger partial charge in [-0.05, 0) is 50.6 Å². The van der Waals surface area contributed by atoms with E-state index in [1.54, 1.807) is 7.11 Å². The van der Waals surface area contributed by atoms with Gasteiger partial charge in [0, 0.05) is 19.2 Å². The molecule has 1 saturated heterocycles. The first-order chi connectivity index (χ1) is 13.1. The smallest absolute Gasteiger partial charge is 0.228 e. The van der Waals surface area contributed by atoms with Gasteiger partial charge in [-0.25, -0.2) is 0 Å². The molecule has 0 aromatic heterocycles. The Morgan fingerprint density at radius 1 is 1.07 bits per heavy atom. The van der Waals surface area contributed by atoms with Crippen molar-refractivity contribution in [3.63, 3.8) is 0 Å². The van der Waals surface area contributed by atoms with Gasteiger partial charge in [-0.1, -0.05) is 36.4 Å². The zero-order chi connectivity index (χ0) is 19.1. The predicted octanol–water partition coefficient (Wildman–Crippen LogP) is 3.84. The Kier molecular flexibility index (Phi) is 8.30. The summed E-state index contributed by atoms with van der Waals surface area (Å²) in [5.41, 5.74) is 1.58. The van der Waals surface area contributed by atoms with Crippen molar-refractivity contribution in [3.8, 4) is 11.5 Å². The highest BCUT2D eigenvalue weighted by atomic mass is 35.5. The van der Waals surface area contributed by atoms with Gasteiger partial charge in [-0.2, -0.15) is 0 Å². The van der Waals surface area contributed by atoms with E-state index in [0.717, 1.165) is 48.6 Å². The van der Waals surface area contributed by atoms with Crippen molar-refractivity contribution in [2.45, 2.75) is 26.3 Å². The molecule has 0 unspecified atom stereocenters. The number of para-hydroxylation sites is 2. The van der Waals surface area contributed by atoms with Gasteiger partial charge < -0.3 is 20.1 Å². The molecule has 0 saturated carbocycles. The maximum Gasteiger partial charge on any atom is 0.228 e. The molecule has 2 aromatic carbocycles. The molecule has 3 rings (SSSR count). The van der Waals surface area contributed by atoms with Crippen LogP contribution in [-0.2, 0) is 16.1 Å². The van der Waals surface area contributed by atoms with Crippen LogP contribution in [-0.4, -0.2) is 32.7 Å². The van der Waals surface area contributed by atoms with Crippen molar-refractivity contribution in [1.82, 2.24) is 10.6 Å². The molecule has 6 heteroatoms. The minimum absolute atomic E-state index is 0. The quantitative estimate of drug-likeness (QED) is 0.736. The second-order valence-corrected chi connectivity index (χ2v) is 7.12.